The van der Waals surface area contributed by atoms with Crippen LogP contribution in [-0.4, -0.2) is 29.4 Å². The summed E-state index contributed by atoms with van der Waals surface area (Å²) in [4.78, 5) is 19.3. The zero-order valence-electron chi connectivity index (χ0n) is 12.5. The molecule has 0 spiro atoms. The van der Waals surface area contributed by atoms with E-state index in [4.69, 9.17) is 0 Å². The second-order valence-electron chi connectivity index (χ2n) is 5.17. The number of nitrogens with zero attached hydrogens (tertiary/aromatic N) is 2. The zero-order chi connectivity index (χ0) is 15.4. The molecule has 0 aliphatic heterocycles. The SMILES string of the molecule is Cc1ccc(F)cc1CC(=O)N(C)CCc1scnc1C. The molecule has 5 heteroatoms. The molecule has 0 fully saturated rings. The van der Waals surface area contributed by atoms with E-state index in [1.54, 1.807) is 29.4 Å². The van der Waals surface area contributed by atoms with Crippen LogP contribution in [0.1, 0.15) is 21.7 Å². The molecule has 1 aromatic carbocycles. The van der Waals surface area contributed by atoms with Crippen LogP contribution in [0.4, 0.5) is 4.39 Å². The average molecular weight is 306 g/mol. The van der Waals surface area contributed by atoms with Gasteiger partial charge in [-0.05, 0) is 37.1 Å². The molecule has 1 amide bonds. The first-order chi connectivity index (χ1) is 9.97. The number of carbonyl (C=O) groups is 1. The van der Waals surface area contributed by atoms with Crippen LogP contribution in [0.3, 0.4) is 0 Å². The summed E-state index contributed by atoms with van der Waals surface area (Å²) in [7, 11) is 1.79. The fraction of sp³-hybridized carbons (Fsp3) is 0.375. The Hall–Kier alpha value is -1.75. The van der Waals surface area contributed by atoms with Gasteiger partial charge in [0.1, 0.15) is 5.82 Å². The second kappa shape index (κ2) is 6.80. The van der Waals surface area contributed by atoms with E-state index in [1.807, 2.05) is 19.4 Å². The molecule has 0 atom stereocenters. The number of thiazole rings is 1. The monoisotopic (exact) mass is 306 g/mol. The molecule has 0 unspecified atom stereocenters. The first kappa shape index (κ1) is 15.6. The fourth-order valence-corrected chi connectivity index (χ4v) is 2.86. The molecule has 0 N–H and O–H groups in total. The van der Waals surface area contributed by atoms with Gasteiger partial charge >= 0.3 is 0 Å². The van der Waals surface area contributed by atoms with Gasteiger partial charge in [-0.25, -0.2) is 9.37 Å². The number of halogens is 1. The van der Waals surface area contributed by atoms with Crippen LogP contribution in [0.25, 0.3) is 0 Å². The first-order valence-corrected chi connectivity index (χ1v) is 7.73. The summed E-state index contributed by atoms with van der Waals surface area (Å²) in [5.74, 6) is -0.294. The van der Waals surface area contributed by atoms with E-state index in [2.05, 4.69) is 4.98 Å². The molecule has 1 aromatic heterocycles. The van der Waals surface area contributed by atoms with Crippen LogP contribution >= 0.6 is 11.3 Å². The van der Waals surface area contributed by atoms with Gasteiger partial charge in [0, 0.05) is 24.9 Å². The van der Waals surface area contributed by atoms with Crippen molar-refractivity contribution in [2.75, 3.05) is 13.6 Å². The van der Waals surface area contributed by atoms with Crippen LogP contribution in [0, 0.1) is 19.7 Å². The van der Waals surface area contributed by atoms with E-state index in [-0.39, 0.29) is 18.1 Å². The fourth-order valence-electron chi connectivity index (χ4n) is 2.09. The predicted molar refractivity (Wildman–Crippen MR) is 83.0 cm³/mol. The molecule has 2 rings (SSSR count). The number of likely N-dealkylation sites (N-methyl/N-ethyl adjacent to an activating group) is 1. The van der Waals surface area contributed by atoms with Crippen LogP contribution in [-0.2, 0) is 17.6 Å². The van der Waals surface area contributed by atoms with Crippen LogP contribution in [0.2, 0.25) is 0 Å². The molecule has 0 radical (unpaired) electrons. The van der Waals surface area contributed by atoms with Crippen molar-refractivity contribution >= 4 is 17.2 Å². The van der Waals surface area contributed by atoms with Gasteiger partial charge in [0.05, 0.1) is 17.6 Å². The maximum Gasteiger partial charge on any atom is 0.226 e. The lowest BCUT2D eigenvalue weighted by molar-refractivity contribution is -0.129. The molecule has 112 valence electrons. The number of aromatic nitrogens is 1. The lowest BCUT2D eigenvalue weighted by atomic mass is 10.0. The van der Waals surface area contributed by atoms with Crippen molar-refractivity contribution in [1.29, 1.82) is 0 Å². The highest BCUT2D eigenvalue weighted by molar-refractivity contribution is 7.09. The van der Waals surface area contributed by atoms with E-state index >= 15 is 0 Å². The first-order valence-electron chi connectivity index (χ1n) is 6.85. The van der Waals surface area contributed by atoms with E-state index in [0.29, 0.717) is 6.54 Å². The summed E-state index contributed by atoms with van der Waals surface area (Å²) >= 11 is 1.61. The van der Waals surface area contributed by atoms with Crippen molar-refractivity contribution in [3.63, 3.8) is 0 Å². The molecular weight excluding hydrogens is 287 g/mol. The van der Waals surface area contributed by atoms with E-state index in [1.165, 1.54) is 17.0 Å². The number of amides is 1. The lowest BCUT2D eigenvalue weighted by Gasteiger charge is -2.17. The molecule has 0 saturated heterocycles. The Labute approximate surface area is 128 Å². The molecule has 0 saturated carbocycles. The molecule has 0 aliphatic carbocycles. The van der Waals surface area contributed by atoms with Crippen molar-refractivity contribution in [3.05, 3.63) is 51.2 Å². The van der Waals surface area contributed by atoms with Crippen molar-refractivity contribution in [3.8, 4) is 0 Å². The Morgan fingerprint density at radius 3 is 2.81 bits per heavy atom. The number of hydrogen-bond acceptors (Lipinski definition) is 3. The smallest absolute Gasteiger partial charge is 0.226 e. The Balaban J connectivity index is 1.93. The minimum absolute atomic E-state index is 0.00543. The summed E-state index contributed by atoms with van der Waals surface area (Å²) < 4.78 is 13.2. The molecule has 3 nitrogen and oxygen atoms in total. The van der Waals surface area contributed by atoms with Gasteiger partial charge in [-0.15, -0.1) is 11.3 Å². The van der Waals surface area contributed by atoms with Crippen LogP contribution in [0.5, 0.6) is 0 Å². The van der Waals surface area contributed by atoms with Gasteiger partial charge in [-0.1, -0.05) is 6.07 Å². The third kappa shape index (κ3) is 4.11. The quantitative estimate of drug-likeness (QED) is 0.850. The van der Waals surface area contributed by atoms with Crippen molar-refractivity contribution < 1.29 is 9.18 Å². The molecule has 0 aliphatic rings. The van der Waals surface area contributed by atoms with Gasteiger partial charge in [0.2, 0.25) is 5.91 Å². The lowest BCUT2D eigenvalue weighted by Crippen LogP contribution is -2.30. The number of benzene rings is 1. The van der Waals surface area contributed by atoms with Gasteiger partial charge < -0.3 is 4.90 Å². The minimum Gasteiger partial charge on any atom is -0.345 e. The molecule has 1 heterocycles. The van der Waals surface area contributed by atoms with Crippen LogP contribution in [0.15, 0.2) is 23.7 Å². The molecular formula is C16H19FN2OS. The largest absolute Gasteiger partial charge is 0.345 e. The topological polar surface area (TPSA) is 33.2 Å². The summed E-state index contributed by atoms with van der Waals surface area (Å²) in [6.07, 6.45) is 1.04. The average Bonchev–Trinajstić information content (AvgIpc) is 2.85. The Kier molecular flexibility index (Phi) is 5.07. The summed E-state index contributed by atoms with van der Waals surface area (Å²) in [6.45, 7) is 4.52. The standard InChI is InChI=1S/C16H19FN2OS/c1-11-4-5-14(17)8-13(11)9-16(20)19(3)7-6-15-12(2)18-10-21-15/h4-5,8,10H,6-7,9H2,1-3H3. The summed E-state index contributed by atoms with van der Waals surface area (Å²) in [6, 6.07) is 4.56. The number of aryl methyl sites for hydroxylation is 2. The van der Waals surface area contributed by atoms with Gasteiger partial charge in [-0.2, -0.15) is 0 Å². The third-order valence-corrected chi connectivity index (χ3v) is 4.59. The van der Waals surface area contributed by atoms with Gasteiger partial charge in [-0.3, -0.25) is 4.79 Å². The Bertz CT molecular complexity index is 639. The number of rotatable bonds is 5. The molecule has 21 heavy (non-hydrogen) atoms. The van der Waals surface area contributed by atoms with E-state index < -0.39 is 0 Å². The highest BCUT2D eigenvalue weighted by Gasteiger charge is 2.13. The normalized spacial score (nSPS) is 10.7. The van der Waals surface area contributed by atoms with E-state index in [0.717, 1.165) is 23.2 Å². The maximum atomic E-state index is 13.2. The van der Waals surface area contributed by atoms with Crippen molar-refractivity contribution in [2.45, 2.75) is 26.7 Å². The molecule has 0 bridgehead atoms. The summed E-state index contributed by atoms with van der Waals surface area (Å²) in [5.41, 5.74) is 4.54. The van der Waals surface area contributed by atoms with E-state index in [9.17, 15) is 9.18 Å². The maximum absolute atomic E-state index is 13.2. The third-order valence-electron chi connectivity index (χ3n) is 3.60. The van der Waals surface area contributed by atoms with Crippen LogP contribution < -0.4 is 0 Å². The highest BCUT2D eigenvalue weighted by atomic mass is 32.1. The minimum atomic E-state index is -0.300. The predicted octanol–water partition coefficient (Wildman–Crippen LogP) is 3.14. The Morgan fingerprint density at radius 2 is 2.14 bits per heavy atom. The van der Waals surface area contributed by atoms with Crippen molar-refractivity contribution in [2.24, 2.45) is 0 Å². The van der Waals surface area contributed by atoms with Gasteiger partial charge in [0.15, 0.2) is 0 Å². The Morgan fingerprint density at radius 1 is 1.38 bits per heavy atom. The van der Waals surface area contributed by atoms with Crippen molar-refractivity contribution in [1.82, 2.24) is 9.88 Å². The zero-order valence-corrected chi connectivity index (χ0v) is 13.3. The second-order valence-corrected chi connectivity index (χ2v) is 6.11. The molecule has 2 aromatic rings. The number of carbonyl (C=O) groups excluding carboxylic acids is 1. The highest BCUT2D eigenvalue weighted by Crippen LogP contribution is 2.14. The van der Waals surface area contributed by atoms with Gasteiger partial charge in [0.25, 0.3) is 0 Å². The number of hydrogen-bond donors (Lipinski definition) is 0. The summed E-state index contributed by atoms with van der Waals surface area (Å²) in [5, 5.41) is 0.